The quantitative estimate of drug-likeness (QED) is 0.799. The number of carbonyl (C=O) groups is 1. The van der Waals surface area contributed by atoms with Crippen molar-refractivity contribution < 1.29 is 9.90 Å². The Morgan fingerprint density at radius 2 is 2.25 bits per heavy atom. The van der Waals surface area contributed by atoms with Crippen molar-refractivity contribution in [2.75, 3.05) is 13.2 Å². The lowest BCUT2D eigenvalue weighted by Crippen LogP contribution is -2.39. The number of nitrogens with zero attached hydrogens (tertiary/aromatic N) is 1. The van der Waals surface area contributed by atoms with Gasteiger partial charge < -0.3 is 10.8 Å². The average molecular weight is 272 g/mol. The highest BCUT2D eigenvalue weighted by molar-refractivity contribution is 5.80. The molecule has 4 heteroatoms. The zero-order valence-electron chi connectivity index (χ0n) is 11.5. The standard InChI is InChI=1S/C16H20N2O2/c17-16(20)15-9-5-10-18(15)12-14-8-2-1-6-13(14)7-3-4-11-19/h1-2,6,8,15,19H,4-5,9-12H2,(H2,17,20). The Labute approximate surface area is 119 Å². The topological polar surface area (TPSA) is 66.6 Å². The highest BCUT2D eigenvalue weighted by atomic mass is 16.2. The van der Waals surface area contributed by atoms with E-state index in [4.69, 9.17) is 10.8 Å². The SMILES string of the molecule is NC(=O)C1CCCN1Cc1ccccc1C#CCCO. The summed E-state index contributed by atoms with van der Waals surface area (Å²) in [5.41, 5.74) is 7.50. The smallest absolute Gasteiger partial charge is 0.234 e. The van der Waals surface area contributed by atoms with Crippen LogP contribution in [0.1, 0.15) is 30.4 Å². The molecule has 1 aliphatic rings. The molecule has 0 aromatic heterocycles. The van der Waals surface area contributed by atoms with Crippen molar-refractivity contribution in [3.8, 4) is 11.8 Å². The average Bonchev–Trinajstić information content (AvgIpc) is 2.89. The summed E-state index contributed by atoms with van der Waals surface area (Å²) in [7, 11) is 0. The van der Waals surface area contributed by atoms with Crippen molar-refractivity contribution in [3.63, 3.8) is 0 Å². The molecule has 1 aromatic rings. The molecule has 0 bridgehead atoms. The van der Waals surface area contributed by atoms with Gasteiger partial charge in [0.2, 0.25) is 5.91 Å². The van der Waals surface area contributed by atoms with E-state index in [1.165, 1.54) is 0 Å². The third kappa shape index (κ3) is 3.60. The van der Waals surface area contributed by atoms with Crippen LogP contribution in [-0.4, -0.2) is 35.1 Å². The molecule has 4 nitrogen and oxygen atoms in total. The van der Waals surface area contributed by atoms with Gasteiger partial charge in [0.05, 0.1) is 12.6 Å². The van der Waals surface area contributed by atoms with Crippen LogP contribution in [0.4, 0.5) is 0 Å². The normalized spacial score (nSPS) is 18.6. The van der Waals surface area contributed by atoms with Gasteiger partial charge in [-0.3, -0.25) is 9.69 Å². The molecule has 1 aromatic carbocycles. The van der Waals surface area contributed by atoms with Crippen molar-refractivity contribution >= 4 is 5.91 Å². The van der Waals surface area contributed by atoms with Gasteiger partial charge in [-0.1, -0.05) is 30.0 Å². The Balaban J connectivity index is 2.13. The van der Waals surface area contributed by atoms with Crippen LogP contribution in [0.3, 0.4) is 0 Å². The maximum atomic E-state index is 11.4. The fourth-order valence-corrected chi connectivity index (χ4v) is 2.55. The number of rotatable bonds is 4. The van der Waals surface area contributed by atoms with Crippen molar-refractivity contribution in [1.82, 2.24) is 4.90 Å². The minimum absolute atomic E-state index is 0.0744. The first-order valence-electron chi connectivity index (χ1n) is 6.93. The molecule has 0 spiro atoms. The van der Waals surface area contributed by atoms with Crippen molar-refractivity contribution in [2.24, 2.45) is 5.73 Å². The summed E-state index contributed by atoms with van der Waals surface area (Å²) >= 11 is 0. The molecule has 1 heterocycles. The van der Waals surface area contributed by atoms with Crippen LogP contribution in [0.2, 0.25) is 0 Å². The van der Waals surface area contributed by atoms with Gasteiger partial charge in [-0.25, -0.2) is 0 Å². The Bertz CT molecular complexity index is 531. The number of aliphatic hydroxyl groups is 1. The van der Waals surface area contributed by atoms with Crippen LogP contribution in [-0.2, 0) is 11.3 Å². The predicted molar refractivity (Wildman–Crippen MR) is 77.6 cm³/mol. The lowest BCUT2D eigenvalue weighted by atomic mass is 10.1. The third-order valence-electron chi connectivity index (χ3n) is 3.54. The molecule has 2 rings (SSSR count). The van der Waals surface area contributed by atoms with Gasteiger partial charge in [0.1, 0.15) is 0 Å². The van der Waals surface area contributed by atoms with Gasteiger partial charge in [0.15, 0.2) is 0 Å². The van der Waals surface area contributed by atoms with Crippen molar-refractivity contribution in [2.45, 2.75) is 31.8 Å². The second kappa shape index (κ2) is 7.09. The van der Waals surface area contributed by atoms with Crippen LogP contribution in [0.25, 0.3) is 0 Å². The second-order valence-corrected chi connectivity index (χ2v) is 4.96. The summed E-state index contributed by atoms with van der Waals surface area (Å²) in [5, 5.41) is 8.78. The number of amides is 1. The predicted octanol–water partition coefficient (Wildman–Crippen LogP) is 0.870. The molecule has 0 radical (unpaired) electrons. The number of primary amides is 1. The number of hydrogen-bond acceptors (Lipinski definition) is 3. The lowest BCUT2D eigenvalue weighted by molar-refractivity contribution is -0.122. The molecular weight excluding hydrogens is 252 g/mol. The number of carbonyl (C=O) groups excluding carboxylic acids is 1. The molecule has 1 unspecified atom stereocenters. The molecule has 3 N–H and O–H groups in total. The summed E-state index contributed by atoms with van der Waals surface area (Å²) in [6.07, 6.45) is 2.32. The summed E-state index contributed by atoms with van der Waals surface area (Å²) in [4.78, 5) is 13.5. The summed E-state index contributed by atoms with van der Waals surface area (Å²) in [6, 6.07) is 7.76. The molecule has 1 aliphatic heterocycles. The van der Waals surface area contributed by atoms with Crippen molar-refractivity contribution in [3.05, 3.63) is 35.4 Å². The Morgan fingerprint density at radius 1 is 1.45 bits per heavy atom. The van der Waals surface area contributed by atoms with Crippen LogP contribution in [0, 0.1) is 11.8 Å². The first kappa shape index (κ1) is 14.6. The molecule has 1 atom stereocenters. The molecular formula is C16H20N2O2. The second-order valence-electron chi connectivity index (χ2n) is 4.96. The van der Waals surface area contributed by atoms with E-state index >= 15 is 0 Å². The van der Waals surface area contributed by atoms with E-state index in [0.717, 1.165) is 30.5 Å². The maximum absolute atomic E-state index is 11.4. The van der Waals surface area contributed by atoms with Gasteiger partial charge in [-0.15, -0.1) is 0 Å². The van der Waals surface area contributed by atoms with Gasteiger partial charge in [-0.2, -0.15) is 0 Å². The third-order valence-corrected chi connectivity index (χ3v) is 3.54. The molecule has 0 aliphatic carbocycles. The van der Waals surface area contributed by atoms with E-state index in [1.54, 1.807) is 0 Å². The molecule has 106 valence electrons. The minimum Gasteiger partial charge on any atom is -0.395 e. The molecule has 0 saturated carbocycles. The Kier molecular flexibility index (Phi) is 5.16. The fourth-order valence-electron chi connectivity index (χ4n) is 2.55. The van der Waals surface area contributed by atoms with Crippen molar-refractivity contribution in [1.29, 1.82) is 0 Å². The minimum atomic E-state index is -0.244. The Morgan fingerprint density at radius 3 is 3.00 bits per heavy atom. The first-order chi connectivity index (χ1) is 9.72. The van der Waals surface area contributed by atoms with E-state index in [-0.39, 0.29) is 18.6 Å². The highest BCUT2D eigenvalue weighted by Gasteiger charge is 2.28. The van der Waals surface area contributed by atoms with Gasteiger partial charge in [0, 0.05) is 18.5 Å². The van der Waals surface area contributed by atoms with E-state index < -0.39 is 0 Å². The van der Waals surface area contributed by atoms with Gasteiger partial charge >= 0.3 is 0 Å². The zero-order valence-corrected chi connectivity index (χ0v) is 11.5. The fraction of sp³-hybridized carbons (Fsp3) is 0.438. The Hall–Kier alpha value is -1.83. The number of aliphatic hydroxyl groups excluding tert-OH is 1. The summed E-state index contributed by atoms with van der Waals surface area (Å²) in [6.45, 7) is 1.66. The van der Waals surface area contributed by atoms with Crippen LogP contribution >= 0.6 is 0 Å². The number of benzene rings is 1. The van der Waals surface area contributed by atoms with Crippen LogP contribution in [0.15, 0.2) is 24.3 Å². The summed E-state index contributed by atoms with van der Waals surface area (Å²) in [5.74, 6) is 5.78. The van der Waals surface area contributed by atoms with E-state index in [2.05, 4.69) is 16.7 Å². The monoisotopic (exact) mass is 272 g/mol. The maximum Gasteiger partial charge on any atom is 0.234 e. The summed E-state index contributed by atoms with van der Waals surface area (Å²) < 4.78 is 0. The number of likely N-dealkylation sites (tertiary alicyclic amines) is 1. The molecule has 1 saturated heterocycles. The van der Waals surface area contributed by atoms with Gasteiger partial charge in [0.25, 0.3) is 0 Å². The van der Waals surface area contributed by atoms with Crippen LogP contribution in [0.5, 0.6) is 0 Å². The molecule has 1 amide bonds. The highest BCUT2D eigenvalue weighted by Crippen LogP contribution is 2.21. The molecule has 1 fully saturated rings. The largest absolute Gasteiger partial charge is 0.395 e. The van der Waals surface area contributed by atoms with Gasteiger partial charge in [-0.05, 0) is 31.0 Å². The van der Waals surface area contributed by atoms with E-state index in [0.29, 0.717) is 13.0 Å². The number of hydrogen-bond donors (Lipinski definition) is 2. The van der Waals surface area contributed by atoms with Crippen LogP contribution < -0.4 is 5.73 Å². The lowest BCUT2D eigenvalue weighted by Gasteiger charge is -2.22. The molecule has 20 heavy (non-hydrogen) atoms. The van der Waals surface area contributed by atoms with E-state index in [9.17, 15) is 4.79 Å². The van der Waals surface area contributed by atoms with E-state index in [1.807, 2.05) is 24.3 Å². The first-order valence-corrected chi connectivity index (χ1v) is 6.93. The number of nitrogens with two attached hydrogens (primary N) is 1. The zero-order chi connectivity index (χ0) is 14.4.